The molecule has 24 heavy (non-hydrogen) atoms. The van der Waals surface area contributed by atoms with E-state index in [2.05, 4.69) is 0 Å². The summed E-state index contributed by atoms with van der Waals surface area (Å²) >= 11 is 0. The highest BCUT2D eigenvalue weighted by molar-refractivity contribution is 5.77. The van der Waals surface area contributed by atoms with Crippen LogP contribution >= 0.6 is 0 Å². The van der Waals surface area contributed by atoms with Gasteiger partial charge in [0.2, 0.25) is 6.79 Å². The Hall–Kier alpha value is -2.89. The van der Waals surface area contributed by atoms with E-state index in [0.29, 0.717) is 29.4 Å². The minimum atomic E-state index is -0.931. The molecule has 0 fully saturated rings. The Morgan fingerprint density at radius 1 is 1.21 bits per heavy atom. The topological polar surface area (TPSA) is 85.2 Å². The number of carbonyl (C=O) groups is 1. The molecule has 0 radical (unpaired) electrons. The van der Waals surface area contributed by atoms with Gasteiger partial charge in [0.15, 0.2) is 23.0 Å². The van der Waals surface area contributed by atoms with Crippen LogP contribution in [0.15, 0.2) is 36.4 Å². The van der Waals surface area contributed by atoms with Crippen molar-refractivity contribution in [1.82, 2.24) is 0 Å². The molecule has 126 valence electrons. The fourth-order valence-corrected chi connectivity index (χ4v) is 2.67. The normalized spacial score (nSPS) is 13.5. The predicted octanol–water partition coefficient (Wildman–Crippen LogP) is 2.93. The predicted molar refractivity (Wildman–Crippen MR) is 85.9 cm³/mol. The number of fused-ring (bicyclic) bond motifs is 1. The van der Waals surface area contributed by atoms with Crippen LogP contribution in [0.2, 0.25) is 0 Å². The molecule has 2 aromatic rings. The van der Waals surface area contributed by atoms with Crippen LogP contribution in [0.3, 0.4) is 0 Å². The Labute approximate surface area is 139 Å². The molecule has 0 saturated heterocycles. The van der Waals surface area contributed by atoms with E-state index in [1.165, 1.54) is 6.07 Å². The standard InChI is InChI=1S/C18H18O6/c1-2-22-16-8-11(3-5-14(16)19)7-13(18(20)21)12-4-6-15-17(9-12)24-10-23-15/h3-6,8-9,13,19H,2,7,10H2,1H3,(H,20,21). The summed E-state index contributed by atoms with van der Waals surface area (Å²) in [7, 11) is 0. The highest BCUT2D eigenvalue weighted by Gasteiger charge is 2.24. The number of phenols is 1. The van der Waals surface area contributed by atoms with E-state index in [-0.39, 0.29) is 19.0 Å². The monoisotopic (exact) mass is 330 g/mol. The summed E-state index contributed by atoms with van der Waals surface area (Å²) in [4.78, 5) is 11.7. The van der Waals surface area contributed by atoms with Gasteiger partial charge in [-0.25, -0.2) is 0 Å². The SMILES string of the molecule is CCOc1cc(CC(C(=O)O)c2ccc3c(c2)OCO3)ccc1O. The van der Waals surface area contributed by atoms with Crippen LogP contribution in [-0.2, 0) is 11.2 Å². The molecule has 0 amide bonds. The first-order chi connectivity index (χ1) is 11.6. The average molecular weight is 330 g/mol. The van der Waals surface area contributed by atoms with Gasteiger partial charge >= 0.3 is 5.97 Å². The minimum Gasteiger partial charge on any atom is -0.504 e. The van der Waals surface area contributed by atoms with E-state index < -0.39 is 11.9 Å². The fourth-order valence-electron chi connectivity index (χ4n) is 2.67. The number of carboxylic acids is 1. The molecule has 0 saturated carbocycles. The van der Waals surface area contributed by atoms with E-state index in [4.69, 9.17) is 14.2 Å². The van der Waals surface area contributed by atoms with Gasteiger partial charge in [0.25, 0.3) is 0 Å². The lowest BCUT2D eigenvalue weighted by Gasteiger charge is -2.15. The number of ether oxygens (including phenoxy) is 3. The summed E-state index contributed by atoms with van der Waals surface area (Å²) in [5, 5.41) is 19.4. The van der Waals surface area contributed by atoms with E-state index in [1.54, 1.807) is 30.3 Å². The molecular weight excluding hydrogens is 312 g/mol. The molecule has 1 aliphatic heterocycles. The van der Waals surface area contributed by atoms with Crippen LogP contribution in [0.25, 0.3) is 0 Å². The Bertz CT molecular complexity index is 755. The summed E-state index contributed by atoms with van der Waals surface area (Å²) in [6, 6.07) is 10.0. The zero-order chi connectivity index (χ0) is 17.1. The van der Waals surface area contributed by atoms with Crippen molar-refractivity contribution in [2.24, 2.45) is 0 Å². The maximum absolute atomic E-state index is 11.7. The van der Waals surface area contributed by atoms with E-state index in [0.717, 1.165) is 5.56 Å². The maximum Gasteiger partial charge on any atom is 0.311 e. The molecule has 2 N–H and O–H groups in total. The second-order valence-corrected chi connectivity index (χ2v) is 5.44. The van der Waals surface area contributed by atoms with Crippen LogP contribution in [0, 0.1) is 0 Å². The third kappa shape index (κ3) is 3.22. The summed E-state index contributed by atoms with van der Waals surface area (Å²) < 4.78 is 15.9. The van der Waals surface area contributed by atoms with Crippen molar-refractivity contribution in [3.05, 3.63) is 47.5 Å². The molecule has 6 heteroatoms. The number of rotatable bonds is 6. The lowest BCUT2D eigenvalue weighted by Crippen LogP contribution is -2.14. The highest BCUT2D eigenvalue weighted by atomic mass is 16.7. The van der Waals surface area contributed by atoms with E-state index >= 15 is 0 Å². The maximum atomic E-state index is 11.7. The third-order valence-corrected chi connectivity index (χ3v) is 3.86. The van der Waals surface area contributed by atoms with Crippen molar-refractivity contribution in [3.8, 4) is 23.0 Å². The fraction of sp³-hybridized carbons (Fsp3) is 0.278. The van der Waals surface area contributed by atoms with Crippen molar-refractivity contribution in [2.75, 3.05) is 13.4 Å². The van der Waals surface area contributed by atoms with Gasteiger partial charge in [-0.3, -0.25) is 4.79 Å². The van der Waals surface area contributed by atoms with Crippen molar-refractivity contribution >= 4 is 5.97 Å². The second-order valence-electron chi connectivity index (χ2n) is 5.44. The first kappa shape index (κ1) is 16.0. The molecule has 1 unspecified atom stereocenters. The molecular formula is C18H18O6. The molecule has 1 heterocycles. The van der Waals surface area contributed by atoms with Gasteiger partial charge in [0.1, 0.15) is 0 Å². The van der Waals surface area contributed by atoms with Gasteiger partial charge in [0.05, 0.1) is 12.5 Å². The van der Waals surface area contributed by atoms with Crippen molar-refractivity contribution in [2.45, 2.75) is 19.3 Å². The van der Waals surface area contributed by atoms with E-state index in [1.807, 2.05) is 6.92 Å². The lowest BCUT2D eigenvalue weighted by molar-refractivity contribution is -0.138. The van der Waals surface area contributed by atoms with Gasteiger partial charge in [0, 0.05) is 0 Å². The van der Waals surface area contributed by atoms with Gasteiger partial charge in [-0.2, -0.15) is 0 Å². The molecule has 0 aromatic heterocycles. The van der Waals surface area contributed by atoms with Crippen molar-refractivity contribution < 1.29 is 29.2 Å². The zero-order valence-electron chi connectivity index (χ0n) is 13.2. The number of hydrogen-bond acceptors (Lipinski definition) is 5. The van der Waals surface area contributed by atoms with E-state index in [9.17, 15) is 15.0 Å². The third-order valence-electron chi connectivity index (χ3n) is 3.86. The quantitative estimate of drug-likeness (QED) is 0.847. The Kier molecular flexibility index (Phi) is 4.46. The van der Waals surface area contributed by atoms with Gasteiger partial charge in [-0.1, -0.05) is 12.1 Å². The second kappa shape index (κ2) is 6.70. The number of aliphatic carboxylic acids is 1. The Morgan fingerprint density at radius 2 is 2.00 bits per heavy atom. The first-order valence-electron chi connectivity index (χ1n) is 7.65. The van der Waals surface area contributed by atoms with Crippen LogP contribution in [0.5, 0.6) is 23.0 Å². The van der Waals surface area contributed by atoms with Crippen molar-refractivity contribution in [1.29, 1.82) is 0 Å². The van der Waals surface area contributed by atoms with Gasteiger partial charge in [-0.15, -0.1) is 0 Å². The summed E-state index contributed by atoms with van der Waals surface area (Å²) in [5.41, 5.74) is 1.40. The van der Waals surface area contributed by atoms with Crippen molar-refractivity contribution in [3.63, 3.8) is 0 Å². The van der Waals surface area contributed by atoms with Crippen LogP contribution < -0.4 is 14.2 Å². The Morgan fingerprint density at radius 3 is 2.75 bits per heavy atom. The number of aromatic hydroxyl groups is 1. The van der Waals surface area contributed by atoms with Crippen LogP contribution in [0.4, 0.5) is 0 Å². The smallest absolute Gasteiger partial charge is 0.311 e. The largest absolute Gasteiger partial charge is 0.504 e. The van der Waals surface area contributed by atoms with Crippen LogP contribution in [0.1, 0.15) is 24.0 Å². The zero-order valence-corrected chi connectivity index (χ0v) is 13.2. The summed E-state index contributed by atoms with van der Waals surface area (Å²) in [6.07, 6.45) is 0.273. The summed E-state index contributed by atoms with van der Waals surface area (Å²) in [5.74, 6) is -0.107. The lowest BCUT2D eigenvalue weighted by atomic mass is 9.91. The number of carboxylic acid groups (broad SMARTS) is 1. The van der Waals surface area contributed by atoms with Gasteiger partial charge in [-0.05, 0) is 48.7 Å². The first-order valence-corrected chi connectivity index (χ1v) is 7.65. The average Bonchev–Trinajstić information content (AvgIpc) is 3.03. The van der Waals surface area contributed by atoms with Crippen LogP contribution in [-0.4, -0.2) is 29.6 Å². The molecule has 3 rings (SSSR count). The highest BCUT2D eigenvalue weighted by Crippen LogP contribution is 2.36. The molecule has 1 aliphatic rings. The molecule has 6 nitrogen and oxygen atoms in total. The molecule has 0 bridgehead atoms. The molecule has 0 aliphatic carbocycles. The molecule has 0 spiro atoms. The minimum absolute atomic E-state index is 0.0376. The molecule has 1 atom stereocenters. The van der Waals surface area contributed by atoms with Gasteiger partial charge < -0.3 is 24.4 Å². The summed E-state index contributed by atoms with van der Waals surface area (Å²) in [6.45, 7) is 2.38. The number of phenolic OH excluding ortho intramolecular Hbond substituents is 1. The Balaban J connectivity index is 1.87. The number of hydrogen-bond donors (Lipinski definition) is 2. The number of benzene rings is 2. The molecule has 2 aromatic carbocycles.